The molecule has 43 heavy (non-hydrogen) atoms. The molecule has 0 saturated carbocycles. The Morgan fingerprint density at radius 1 is 1.26 bits per heavy atom. The second-order valence-corrected chi connectivity index (χ2v) is 12.0. The molecule has 0 radical (unpaired) electrons. The number of aromatic nitrogens is 3. The Morgan fingerprint density at radius 2 is 1.98 bits per heavy atom. The van der Waals surface area contributed by atoms with Crippen molar-refractivity contribution in [1.29, 1.82) is 0 Å². The molecular formula is C28H39N6O8P. The first-order valence-corrected chi connectivity index (χ1v) is 15.6. The molecule has 15 heteroatoms. The van der Waals surface area contributed by atoms with Crippen LogP contribution in [0.25, 0.3) is 5.52 Å². The predicted molar refractivity (Wildman–Crippen MR) is 159 cm³/mol. The van der Waals surface area contributed by atoms with E-state index in [0.717, 1.165) is 12.8 Å². The van der Waals surface area contributed by atoms with Crippen LogP contribution in [0.5, 0.6) is 5.75 Å². The van der Waals surface area contributed by atoms with E-state index >= 15 is 0 Å². The fourth-order valence-corrected chi connectivity index (χ4v) is 6.33. The molecule has 0 bridgehead atoms. The molecule has 3 heterocycles. The lowest BCUT2D eigenvalue weighted by atomic mass is 9.92. The second-order valence-electron chi connectivity index (χ2n) is 10.3. The number of nitrogens with zero attached hydrogens (tertiary/aromatic N) is 4. The highest BCUT2D eigenvalue weighted by Crippen LogP contribution is 2.47. The number of nitrogens with one attached hydrogen (secondary N) is 1. The van der Waals surface area contributed by atoms with E-state index in [1.807, 2.05) is 13.8 Å². The van der Waals surface area contributed by atoms with E-state index in [0.29, 0.717) is 11.2 Å². The quantitative estimate of drug-likeness (QED) is 0.117. The minimum absolute atomic E-state index is 0.204. The van der Waals surface area contributed by atoms with E-state index in [1.165, 1.54) is 31.0 Å². The van der Waals surface area contributed by atoms with Gasteiger partial charge in [-0.05, 0) is 37.1 Å². The number of aliphatic hydroxyl groups excluding tert-OH is 2. The molecule has 234 valence electrons. The number of fused-ring (bicyclic) bond motifs is 1. The number of aliphatic hydroxyl groups is 2. The van der Waals surface area contributed by atoms with Gasteiger partial charge in [0.05, 0.1) is 18.9 Å². The number of esters is 1. The summed E-state index contributed by atoms with van der Waals surface area (Å²) in [5.41, 5.74) is 5.10. The van der Waals surface area contributed by atoms with Crippen LogP contribution < -0.4 is 15.3 Å². The Balaban J connectivity index is 1.56. The van der Waals surface area contributed by atoms with Gasteiger partial charge in [-0.3, -0.25) is 14.3 Å². The van der Waals surface area contributed by atoms with Gasteiger partial charge in [-0.15, -0.1) is 0 Å². The number of carbonyl (C=O) groups excluding carboxylic acids is 1. The minimum atomic E-state index is -4.27. The van der Waals surface area contributed by atoms with Gasteiger partial charge in [0.1, 0.15) is 41.9 Å². The summed E-state index contributed by atoms with van der Waals surface area (Å²) in [6.07, 6.45) is 0.0605. The number of benzene rings is 1. The maximum Gasteiger partial charge on any atom is 0.459 e. The smallest absolute Gasteiger partial charge is 0.459 e. The molecule has 0 amide bonds. The van der Waals surface area contributed by atoms with E-state index in [2.05, 4.69) is 20.2 Å². The first kappa shape index (κ1) is 32.5. The van der Waals surface area contributed by atoms with Gasteiger partial charge in [0.2, 0.25) is 0 Å². The Morgan fingerprint density at radius 3 is 2.65 bits per heavy atom. The van der Waals surface area contributed by atoms with Crippen LogP contribution in [0, 0.1) is 5.92 Å². The van der Waals surface area contributed by atoms with Crippen LogP contribution in [0.15, 0.2) is 53.8 Å². The molecule has 1 aliphatic rings. The molecule has 0 aliphatic carbocycles. The topological polar surface area (TPSA) is 192 Å². The number of para-hydroxylation sites is 1. The summed E-state index contributed by atoms with van der Waals surface area (Å²) in [7, 11) is -2.78. The molecule has 5 N–H and O–H groups in total. The van der Waals surface area contributed by atoms with Gasteiger partial charge in [-0.2, -0.15) is 10.2 Å². The molecule has 4 rings (SSSR count). The molecule has 3 aromatic rings. The lowest BCUT2D eigenvalue weighted by Crippen LogP contribution is -2.43. The van der Waals surface area contributed by atoms with Crippen molar-refractivity contribution >= 4 is 31.3 Å². The average Bonchev–Trinajstić information content (AvgIpc) is 3.54. The summed E-state index contributed by atoms with van der Waals surface area (Å²) < 4.78 is 38.5. The first-order valence-electron chi connectivity index (χ1n) is 14.1. The monoisotopic (exact) mass is 618 g/mol. The van der Waals surface area contributed by atoms with Crippen LogP contribution >= 0.6 is 7.75 Å². The highest BCUT2D eigenvalue weighted by molar-refractivity contribution is 7.52. The third-order valence-corrected chi connectivity index (χ3v) is 9.04. The Kier molecular flexibility index (Phi) is 10.5. The number of nitrogen functional groups attached to an aromatic ring is 1. The van der Waals surface area contributed by atoms with Crippen molar-refractivity contribution in [2.24, 2.45) is 10.9 Å². The van der Waals surface area contributed by atoms with E-state index < -0.39 is 50.3 Å². The fraction of sp³-hybridized carbons (Fsp3) is 0.500. The van der Waals surface area contributed by atoms with Gasteiger partial charge in [0.15, 0.2) is 11.4 Å². The Hall–Kier alpha value is -3.39. The standard InChI is InChI=1S/C28H39N6O8P/c1-5-19(6-2)14-39-27(37)18(3)33-43(38,42-20-10-8-7-9-11-20)40-15-22-24(35)25(36)28(41-22,16-30-4)23-13-12-21-26(29)31-17-32-34(21)23/h7-13,16-19,22,24-25,35-36H,5-6,14-15H2,1-4H3,(H,33,38)(H2,29,31,32)/b30-16-/t18-,22?,24+,25+,28-,43?/m0/s1. The average molecular weight is 619 g/mol. The zero-order valence-corrected chi connectivity index (χ0v) is 25.5. The third kappa shape index (κ3) is 7.06. The fourth-order valence-electron chi connectivity index (χ4n) is 4.83. The number of nitrogens with two attached hydrogens (primary N) is 1. The zero-order valence-electron chi connectivity index (χ0n) is 24.6. The molecular weight excluding hydrogens is 579 g/mol. The molecule has 14 nitrogen and oxygen atoms in total. The molecule has 1 fully saturated rings. The SMILES string of the molecule is CCC(CC)COC(=O)[C@H](C)NP(=O)(OCC1O[C@@](/C=N\C)(c2ccc3c(N)ncnn23)[C@H](O)[C@@H]1O)Oc1ccccc1. The van der Waals surface area contributed by atoms with Crippen molar-refractivity contribution in [3.05, 3.63) is 54.5 Å². The van der Waals surface area contributed by atoms with Crippen molar-refractivity contribution < 1.29 is 38.1 Å². The summed E-state index contributed by atoms with van der Waals surface area (Å²) in [5.74, 6) is 0.00267. The zero-order chi connectivity index (χ0) is 31.2. The van der Waals surface area contributed by atoms with Crippen molar-refractivity contribution in [3.8, 4) is 5.75 Å². The van der Waals surface area contributed by atoms with Crippen molar-refractivity contribution in [2.45, 2.75) is 63.6 Å². The van der Waals surface area contributed by atoms with Crippen molar-refractivity contribution in [1.82, 2.24) is 19.7 Å². The second kappa shape index (κ2) is 13.9. The largest absolute Gasteiger partial charge is 0.464 e. The van der Waals surface area contributed by atoms with Crippen LogP contribution in [-0.4, -0.2) is 81.6 Å². The summed E-state index contributed by atoms with van der Waals surface area (Å²) in [4.78, 5) is 20.8. The predicted octanol–water partition coefficient (Wildman–Crippen LogP) is 2.49. The highest BCUT2D eigenvalue weighted by atomic mass is 31.2. The number of carbonyl (C=O) groups is 1. The van der Waals surface area contributed by atoms with Crippen LogP contribution in [-0.2, 0) is 29.0 Å². The number of anilines is 1. The highest BCUT2D eigenvalue weighted by Gasteiger charge is 2.56. The van der Waals surface area contributed by atoms with Crippen LogP contribution in [0.4, 0.5) is 5.82 Å². The van der Waals surface area contributed by atoms with E-state index in [-0.39, 0.29) is 24.1 Å². The number of aliphatic imine (C=N–C) groups is 1. The van der Waals surface area contributed by atoms with Gasteiger partial charge >= 0.3 is 13.7 Å². The Labute approximate surface area is 249 Å². The van der Waals surface area contributed by atoms with Crippen molar-refractivity contribution in [2.75, 3.05) is 26.0 Å². The summed E-state index contributed by atoms with van der Waals surface area (Å²) in [5, 5.41) is 29.2. The number of rotatable bonds is 14. The molecule has 6 atom stereocenters. The molecule has 2 unspecified atom stereocenters. The van der Waals surface area contributed by atoms with Gasteiger partial charge in [0, 0.05) is 13.3 Å². The maximum absolute atomic E-state index is 14.0. The maximum atomic E-state index is 14.0. The Bertz CT molecular complexity index is 1450. The molecule has 0 spiro atoms. The molecule has 1 aromatic carbocycles. The summed E-state index contributed by atoms with van der Waals surface area (Å²) >= 11 is 0. The van der Waals surface area contributed by atoms with E-state index in [4.69, 9.17) is 24.3 Å². The lowest BCUT2D eigenvalue weighted by Gasteiger charge is -2.28. The third-order valence-electron chi connectivity index (χ3n) is 7.39. The summed E-state index contributed by atoms with van der Waals surface area (Å²) in [6, 6.07) is 10.5. The lowest BCUT2D eigenvalue weighted by molar-refractivity contribution is -0.146. The van der Waals surface area contributed by atoms with Gasteiger partial charge in [0.25, 0.3) is 0 Å². The van der Waals surface area contributed by atoms with Gasteiger partial charge in [-0.1, -0.05) is 44.9 Å². The number of hydrogen-bond donors (Lipinski definition) is 4. The van der Waals surface area contributed by atoms with Gasteiger partial charge in [-0.25, -0.2) is 14.1 Å². The molecule has 2 aromatic heterocycles. The van der Waals surface area contributed by atoms with E-state index in [1.54, 1.807) is 42.5 Å². The van der Waals surface area contributed by atoms with Crippen LogP contribution in [0.1, 0.15) is 39.3 Å². The van der Waals surface area contributed by atoms with Crippen LogP contribution in [0.2, 0.25) is 0 Å². The summed E-state index contributed by atoms with van der Waals surface area (Å²) in [6.45, 7) is 5.25. The first-order chi connectivity index (χ1) is 20.6. The van der Waals surface area contributed by atoms with Crippen LogP contribution in [0.3, 0.4) is 0 Å². The minimum Gasteiger partial charge on any atom is -0.464 e. The molecule has 1 aliphatic heterocycles. The van der Waals surface area contributed by atoms with Crippen molar-refractivity contribution in [3.63, 3.8) is 0 Å². The molecule has 1 saturated heterocycles. The van der Waals surface area contributed by atoms with E-state index in [9.17, 15) is 19.6 Å². The number of hydrogen-bond acceptors (Lipinski definition) is 12. The normalized spacial score (nSPS) is 24.4. The van der Waals surface area contributed by atoms with Gasteiger partial charge < -0.3 is 29.9 Å². The number of ether oxygens (including phenoxy) is 2.